The zero-order valence-electron chi connectivity index (χ0n) is 74.2. The number of phosphoric ester groups is 6. The first-order valence-corrected chi connectivity index (χ1v) is 54.1. The van der Waals surface area contributed by atoms with E-state index in [0.29, 0.717) is 0 Å². The Morgan fingerprint density at radius 1 is 0.357 bits per heavy atom. The summed E-state index contributed by atoms with van der Waals surface area (Å²) >= 11 is 0. The van der Waals surface area contributed by atoms with Gasteiger partial charge in [0.05, 0.1) is 11.9 Å². The summed E-state index contributed by atoms with van der Waals surface area (Å²) in [7, 11) is -32.7. The fraction of sp³-hybridized carbons (Fsp3) is 0.679. The average molecular weight is 2080 g/mol. The van der Waals surface area contributed by atoms with Crippen LogP contribution >= 0.6 is 46.9 Å². The zero-order chi connectivity index (χ0) is 98.4. The van der Waals surface area contributed by atoms with Crippen LogP contribution in [0.25, 0.3) is 11.2 Å². The molecule has 62 heteroatoms. The maximum atomic E-state index is 15.8. The molecule has 15 N–H and O–H groups in total. The van der Waals surface area contributed by atoms with E-state index in [9.17, 15) is 82.2 Å². The highest BCUT2D eigenvalue weighted by Crippen LogP contribution is 2.84. The van der Waals surface area contributed by atoms with Gasteiger partial charge in [-0.05, 0) is 146 Å². The van der Waals surface area contributed by atoms with Crippen molar-refractivity contribution in [3.8, 4) is 0 Å². The summed E-state index contributed by atoms with van der Waals surface area (Å²) in [5.74, 6) is -5.13. The Morgan fingerprint density at radius 2 is 0.636 bits per heavy atom. The average Bonchev–Trinajstić information content (AvgIpc) is 1.49. The minimum absolute atomic E-state index is 0.0174. The predicted molar refractivity (Wildman–Crippen MR) is 457 cm³/mol. The Bertz CT molecular complexity index is 7560. The predicted octanol–water partition coefficient (Wildman–Crippen LogP) is 1.24. The van der Waals surface area contributed by atoms with Crippen molar-refractivity contribution < 1.29 is 145 Å². The molecule has 7 aromatic rings. The van der Waals surface area contributed by atoms with Gasteiger partial charge in [0.25, 0.3) is 22.2 Å². The van der Waals surface area contributed by atoms with E-state index in [0.717, 1.165) is 42.3 Å². The Labute approximate surface area is 782 Å². The number of H-pyrrole nitrogens is 4. The molecule has 0 aromatic carbocycles. The van der Waals surface area contributed by atoms with E-state index in [2.05, 4.69) is 39.9 Å². The quantitative estimate of drug-likeness (QED) is 0.0293. The van der Waals surface area contributed by atoms with E-state index in [-0.39, 0.29) is 122 Å². The maximum Gasteiger partial charge on any atom is 0.473 e. The maximum absolute atomic E-state index is 15.8. The largest absolute Gasteiger partial charge is 0.473 e. The SMILES string of the molecule is COP(=O)(O)O[C@]12C[C@@H]1CC1(OP(=O)(O)O[C@]34C[C@@H]3CC3(OP(=O)(O)O[C@]56C[C@@H]5CC5(OP(=O)(O)O[C@]78C[C@@H]7CC7(OP(=O)(O)O[C@]9%10C[C@@H]9CC9(OP(=O)(O)O[C@]%11%12C[C@@H]%11CC%11(O)C[C@H](n%13cnc%14c(N)ncnc%14%13)O[C@@H]%11%12)C[C@H](n%11cc(C)c(=O)[nH]c%11=O)O[C@@H]9%10)C[C@H](n9ccc(N)nc9=O)O[C@@H]78)C[C@H](n7cc(C)c(=O)[nH]c7=O)O[C@@H]56)C[C@H](n5cc(C)c(=O)[nH]c5=O)O[C@@H]34)C[C@H](n3cc(C)c(=O)[nH]c3=O)O[C@@H]12. The molecule has 25 rings (SSSR count). The second kappa shape index (κ2) is 29.3. The molecule has 0 bridgehead atoms. The molecular weight excluding hydrogens is 1990 g/mol. The number of hydrogen-bond acceptors (Lipinski definition) is 40. The lowest BCUT2D eigenvalue weighted by Gasteiger charge is -2.38. The first-order valence-electron chi connectivity index (χ1n) is 45.1. The molecule has 18 aliphatic rings. The molecule has 0 radical (unpaired) electrons. The highest BCUT2D eigenvalue weighted by molar-refractivity contribution is 7.49. The normalized spacial score (nSPS) is 44.0. The number of aromatic amines is 4. The molecule has 13 heterocycles. The summed E-state index contributed by atoms with van der Waals surface area (Å²) in [5, 5.41) is 12.2. The third-order valence-corrected chi connectivity index (χ3v) is 39.5. The number of rotatable bonds is 29. The number of anilines is 2. The van der Waals surface area contributed by atoms with E-state index in [1.54, 1.807) is 0 Å². The summed E-state index contributed by atoms with van der Waals surface area (Å²) in [4.78, 5) is 219. The first kappa shape index (κ1) is 93.2. The van der Waals surface area contributed by atoms with E-state index in [1.807, 2.05) is 0 Å². The number of nitrogens with one attached hydrogen (secondary N) is 4. The van der Waals surface area contributed by atoms with Gasteiger partial charge >= 0.3 is 75.4 Å². The number of aromatic nitrogens is 14. The van der Waals surface area contributed by atoms with E-state index in [1.165, 1.54) is 69.6 Å². The van der Waals surface area contributed by atoms with Crippen molar-refractivity contribution >= 4 is 69.7 Å². The number of imidazole rings is 1. The van der Waals surface area contributed by atoms with E-state index < -0.39 is 313 Å². The first-order chi connectivity index (χ1) is 65.6. The Kier molecular flexibility index (Phi) is 19.5. The van der Waals surface area contributed by atoms with Crippen molar-refractivity contribution in [3.63, 3.8) is 0 Å². The van der Waals surface area contributed by atoms with Crippen molar-refractivity contribution in [3.05, 3.63) is 166 Å². The number of nitrogens with two attached hydrogens (primary N) is 2. The molecule has 140 heavy (non-hydrogen) atoms. The smallest absolute Gasteiger partial charge is 0.387 e. The molecule has 12 saturated carbocycles. The van der Waals surface area contributed by atoms with Crippen molar-refractivity contribution in [2.75, 3.05) is 18.6 Å². The van der Waals surface area contributed by atoms with Gasteiger partial charge in [-0.3, -0.25) is 121 Å². The summed E-state index contributed by atoms with van der Waals surface area (Å²) in [6, 6.07) is 1.24. The van der Waals surface area contributed by atoms with Crippen molar-refractivity contribution in [2.45, 2.75) is 284 Å². The Hall–Kier alpha value is -7.87. The molecule has 12 unspecified atom stereocenters. The van der Waals surface area contributed by atoms with Gasteiger partial charge in [0.2, 0.25) is 0 Å². The monoisotopic (exact) mass is 2080 g/mol. The Balaban J connectivity index is 0.500. The van der Waals surface area contributed by atoms with Crippen molar-refractivity contribution in [2.24, 2.45) is 35.5 Å². The van der Waals surface area contributed by atoms with E-state index >= 15 is 22.8 Å². The van der Waals surface area contributed by atoms with Gasteiger partial charge in [0.15, 0.2) is 11.5 Å². The molecule has 6 aliphatic heterocycles. The number of ether oxygens (including phenoxy) is 6. The lowest BCUT2D eigenvalue weighted by atomic mass is 9.92. The summed E-state index contributed by atoms with van der Waals surface area (Å²) < 4.78 is 211. The summed E-state index contributed by atoms with van der Waals surface area (Å²) in [6.45, 7) is 5.51. The molecule has 56 nitrogen and oxygen atoms in total. The highest BCUT2D eigenvalue weighted by atomic mass is 31.2. The van der Waals surface area contributed by atoms with Gasteiger partial charge in [-0.2, -0.15) is 4.98 Å². The number of hydrogen-bond donors (Lipinski definition) is 13. The van der Waals surface area contributed by atoms with Crippen LogP contribution in [-0.2, 0) is 110 Å². The number of nitrogens with zero attached hydrogens (tertiary/aromatic N) is 10. The van der Waals surface area contributed by atoms with Crippen LogP contribution in [0, 0.1) is 63.2 Å². The van der Waals surface area contributed by atoms with E-state index in [4.69, 9.17) is 94.2 Å². The van der Waals surface area contributed by atoms with Crippen LogP contribution < -0.4 is 62.2 Å². The summed E-state index contributed by atoms with van der Waals surface area (Å²) in [6.07, 6.45) is -14.6. The molecule has 0 spiro atoms. The summed E-state index contributed by atoms with van der Waals surface area (Å²) in [5.41, 5.74) is -19.5. The minimum atomic E-state index is -5.88. The molecule has 6 saturated heterocycles. The van der Waals surface area contributed by atoms with Gasteiger partial charge in [-0.15, -0.1) is 0 Å². The van der Waals surface area contributed by atoms with Crippen LogP contribution in [0.2, 0.25) is 0 Å². The van der Waals surface area contributed by atoms with Crippen molar-refractivity contribution in [1.29, 1.82) is 0 Å². The topological polar surface area (TPSA) is 760 Å². The van der Waals surface area contributed by atoms with Crippen LogP contribution in [0.15, 0.2) is 92.9 Å². The molecule has 0 amide bonds. The molecule has 36 atom stereocenters. The lowest BCUT2D eigenvalue weighted by molar-refractivity contribution is -0.131. The van der Waals surface area contributed by atoms with Crippen LogP contribution in [0.3, 0.4) is 0 Å². The number of nitrogen functional groups attached to an aromatic ring is 2. The van der Waals surface area contributed by atoms with Gasteiger partial charge in [0, 0.05) is 98.9 Å². The van der Waals surface area contributed by atoms with Crippen molar-refractivity contribution in [1.82, 2.24) is 67.3 Å². The van der Waals surface area contributed by atoms with Gasteiger partial charge in [-0.25, -0.2) is 66.3 Å². The Morgan fingerprint density at radius 3 is 0.943 bits per heavy atom. The third-order valence-electron chi connectivity index (χ3n) is 32.7. The van der Waals surface area contributed by atoms with Crippen LogP contribution in [0.1, 0.15) is 175 Å². The highest BCUT2D eigenvalue weighted by Gasteiger charge is 2.88. The number of fused-ring (bicyclic) bond motifs is 19. The molecule has 754 valence electrons. The minimum Gasteiger partial charge on any atom is -0.387 e. The fourth-order valence-corrected chi connectivity index (χ4v) is 35.1. The van der Waals surface area contributed by atoms with Gasteiger partial charge in [-0.1, -0.05) is 0 Å². The van der Waals surface area contributed by atoms with Crippen LogP contribution in [0.5, 0.6) is 0 Å². The van der Waals surface area contributed by atoms with Gasteiger partial charge < -0.3 is 74.4 Å². The zero-order valence-corrected chi connectivity index (χ0v) is 79.5. The van der Waals surface area contributed by atoms with Crippen LogP contribution in [0.4, 0.5) is 11.6 Å². The standard InChI is InChI=1S/C78H92N16O40P6/c1-32-26-90(63(100)85-52(32)95)45-22-69(9-37-15-74(37,57(69)120-45)129-135(105,106)117-5)126-138(111,112)133-77-18-40(77)13-72(25-48(123-61(72)77)93-29-35(4)55(98)88-66(93)103)128-140(115,116)134-78-19-41(78)12-71(24-47(122-60(71)78)92-28-34(3)54(97)87-65(92)102)127-139(113,114)131-75-16-38(75)10-68(21-44(119-58(68)75)89-7-6-42(79)84-62(89)99)124-137(109,110)132-76-17-39(76)11-70(23-46(121-59(70)76)91-27-33(2)53(96)86-64(91)101)125-136(107,108)130-73-14-36(73)8-67(104)20-43(118-56(67)73)94-31-83-49-50(80)81-30-82-51(49)94/h6-7,26-31,36-41,43-48,56-61,104H,8-25H2,1-5H3,(H,105,106)(H,107,108)(H,109,110)(H,111,112)(H,113,114)(H,115,116)(H2,79,84,99)(H2,80,81,82)(H,85,95,100)(H,86,96,101)(H,87,97,102)(H,88,98,103)/t36-,37-,38-,39-,40-,41-,43+,44+,45+,46+,47+,48+,56-,57-,58-,59-,60-,61-,67?,68?,69?,70?,71?,72?,73+,74+,75+,76+,77+,78+/m0/s1. The number of aliphatic hydroxyl groups is 1. The second-order valence-corrected chi connectivity index (χ2v) is 49.4. The molecule has 12 aliphatic carbocycles. The lowest BCUT2D eigenvalue weighted by Crippen LogP contribution is -2.48. The number of aryl methyl sites for hydroxylation is 4. The molecular formula is C78H92N16O40P6. The number of phosphoric acid groups is 6. The fourth-order valence-electron chi connectivity index (χ4n) is 26.8. The second-order valence-electron chi connectivity index (χ2n) is 41.4. The van der Waals surface area contributed by atoms with Crippen LogP contribution in [-0.4, -0.2) is 213 Å². The third kappa shape index (κ3) is 13.9. The molecule has 7 aromatic heterocycles. The molecule has 18 fully saturated rings. The van der Waals surface area contributed by atoms with Gasteiger partial charge in [0.1, 0.15) is 153 Å².